The second-order valence-electron chi connectivity index (χ2n) is 4.30. The van der Waals surface area contributed by atoms with E-state index < -0.39 is 4.92 Å². The predicted molar refractivity (Wildman–Crippen MR) is 76.0 cm³/mol. The molecule has 0 saturated carbocycles. The molecule has 0 unspecified atom stereocenters. The number of aromatic nitrogens is 1. The summed E-state index contributed by atoms with van der Waals surface area (Å²) in [5.74, 6) is 0.661. The third-order valence-electron chi connectivity index (χ3n) is 2.71. The van der Waals surface area contributed by atoms with Crippen molar-refractivity contribution in [1.29, 1.82) is 0 Å². The van der Waals surface area contributed by atoms with Crippen LogP contribution in [-0.4, -0.2) is 43.4 Å². The van der Waals surface area contributed by atoms with Crippen molar-refractivity contribution in [1.82, 2.24) is 4.98 Å². The minimum Gasteiger partial charge on any atom is -0.382 e. The molecule has 0 saturated heterocycles. The molecule has 0 fully saturated rings. The van der Waals surface area contributed by atoms with Crippen LogP contribution in [0, 0.1) is 17.0 Å². The van der Waals surface area contributed by atoms with Gasteiger partial charge in [-0.2, -0.15) is 0 Å². The first-order chi connectivity index (χ1) is 9.65. The third-order valence-corrected chi connectivity index (χ3v) is 2.71. The summed E-state index contributed by atoms with van der Waals surface area (Å²) >= 11 is 0. The summed E-state index contributed by atoms with van der Waals surface area (Å²) in [6.45, 7) is 4.33. The number of pyridine rings is 1. The fraction of sp³-hybridized carbons (Fsp3) is 0.615. The minimum atomic E-state index is -0.427. The van der Waals surface area contributed by atoms with Gasteiger partial charge in [0, 0.05) is 26.3 Å². The highest BCUT2D eigenvalue weighted by Gasteiger charge is 2.11. The zero-order valence-corrected chi connectivity index (χ0v) is 11.9. The average molecular weight is 283 g/mol. The van der Waals surface area contributed by atoms with Crippen molar-refractivity contribution in [2.24, 2.45) is 0 Å². The van der Waals surface area contributed by atoms with Gasteiger partial charge in [-0.1, -0.05) is 0 Å². The fourth-order valence-corrected chi connectivity index (χ4v) is 1.64. The van der Waals surface area contributed by atoms with Crippen LogP contribution >= 0.6 is 0 Å². The third kappa shape index (κ3) is 5.94. The summed E-state index contributed by atoms with van der Waals surface area (Å²) in [5, 5.41) is 13.8. The largest absolute Gasteiger partial charge is 0.382 e. The Hall–Kier alpha value is -1.73. The maximum absolute atomic E-state index is 10.7. The lowest BCUT2D eigenvalue weighted by Crippen LogP contribution is -2.07. The van der Waals surface area contributed by atoms with Crippen molar-refractivity contribution in [2.75, 3.05) is 38.8 Å². The second kappa shape index (κ2) is 9.22. The number of hydrogen-bond acceptors (Lipinski definition) is 6. The summed E-state index contributed by atoms with van der Waals surface area (Å²) in [6, 6.07) is 3.10. The molecule has 0 aliphatic rings. The topological polar surface area (TPSA) is 86.5 Å². The molecule has 0 spiro atoms. The van der Waals surface area contributed by atoms with E-state index in [1.807, 2.05) is 0 Å². The van der Waals surface area contributed by atoms with Gasteiger partial charge < -0.3 is 14.8 Å². The number of aryl methyl sites for hydroxylation is 1. The van der Waals surface area contributed by atoms with Crippen LogP contribution in [0.4, 0.5) is 11.5 Å². The lowest BCUT2D eigenvalue weighted by atomic mass is 10.3. The number of rotatable bonds is 10. The number of nitro groups is 1. The molecule has 1 heterocycles. The van der Waals surface area contributed by atoms with Crippen molar-refractivity contribution < 1.29 is 14.4 Å². The number of hydrogen-bond donors (Lipinski definition) is 1. The Morgan fingerprint density at radius 1 is 1.30 bits per heavy atom. The number of unbranched alkanes of at least 4 members (excludes halogenated alkanes) is 1. The molecule has 7 heteroatoms. The van der Waals surface area contributed by atoms with Crippen LogP contribution in [0.2, 0.25) is 0 Å². The van der Waals surface area contributed by atoms with E-state index >= 15 is 0 Å². The maximum Gasteiger partial charge on any atom is 0.290 e. The number of methoxy groups -OCH3 is 1. The van der Waals surface area contributed by atoms with E-state index in [1.54, 1.807) is 20.1 Å². The first kappa shape index (κ1) is 16.3. The Bertz CT molecular complexity index is 426. The summed E-state index contributed by atoms with van der Waals surface area (Å²) in [6.07, 6.45) is 1.90. The van der Waals surface area contributed by atoms with Crippen LogP contribution in [0.3, 0.4) is 0 Å². The maximum atomic E-state index is 10.7. The highest BCUT2D eigenvalue weighted by atomic mass is 16.6. The summed E-state index contributed by atoms with van der Waals surface area (Å²) in [4.78, 5) is 14.4. The van der Waals surface area contributed by atoms with Crippen LogP contribution in [0.25, 0.3) is 0 Å². The number of anilines is 1. The SMILES string of the molecule is COCCOCCCCNc1ccc([N+](=O)[O-])c(C)n1. The summed E-state index contributed by atoms with van der Waals surface area (Å²) in [7, 11) is 1.65. The van der Waals surface area contributed by atoms with Gasteiger partial charge >= 0.3 is 0 Å². The van der Waals surface area contributed by atoms with Gasteiger partial charge in [-0.25, -0.2) is 4.98 Å². The van der Waals surface area contributed by atoms with Gasteiger partial charge in [0.1, 0.15) is 11.5 Å². The van der Waals surface area contributed by atoms with E-state index in [0.717, 1.165) is 19.4 Å². The standard InChI is InChI=1S/C13H21N3O4/c1-11-12(16(17)18)5-6-13(15-11)14-7-3-4-8-20-10-9-19-2/h5-6H,3-4,7-10H2,1-2H3,(H,14,15). The molecule has 1 aromatic heterocycles. The van der Waals surface area contributed by atoms with E-state index in [1.165, 1.54) is 6.07 Å². The molecular weight excluding hydrogens is 262 g/mol. The molecule has 0 radical (unpaired) electrons. The monoisotopic (exact) mass is 283 g/mol. The Kier molecular flexibility index (Phi) is 7.52. The summed E-state index contributed by atoms with van der Waals surface area (Å²) < 4.78 is 10.2. The first-order valence-corrected chi connectivity index (χ1v) is 6.57. The molecule has 7 nitrogen and oxygen atoms in total. The normalized spacial score (nSPS) is 10.5. The van der Waals surface area contributed by atoms with Crippen molar-refractivity contribution in [2.45, 2.75) is 19.8 Å². The molecular formula is C13H21N3O4. The molecule has 0 aliphatic heterocycles. The Labute approximate surface area is 118 Å². The van der Waals surface area contributed by atoms with Gasteiger partial charge in [-0.3, -0.25) is 10.1 Å². The first-order valence-electron chi connectivity index (χ1n) is 6.57. The second-order valence-corrected chi connectivity index (χ2v) is 4.30. The van der Waals surface area contributed by atoms with Crippen molar-refractivity contribution in [3.63, 3.8) is 0 Å². The predicted octanol–water partition coefficient (Wildman–Crippen LogP) is 2.15. The minimum absolute atomic E-state index is 0.0436. The number of ether oxygens (including phenoxy) is 2. The Balaban J connectivity index is 2.19. The van der Waals surface area contributed by atoms with E-state index in [-0.39, 0.29) is 5.69 Å². The fourth-order valence-electron chi connectivity index (χ4n) is 1.64. The van der Waals surface area contributed by atoms with Crippen LogP contribution in [0.15, 0.2) is 12.1 Å². The van der Waals surface area contributed by atoms with Crippen LogP contribution in [0.1, 0.15) is 18.5 Å². The van der Waals surface area contributed by atoms with Crippen molar-refractivity contribution >= 4 is 11.5 Å². The molecule has 0 aromatic carbocycles. The summed E-state index contributed by atoms with van der Waals surface area (Å²) in [5.41, 5.74) is 0.463. The van der Waals surface area contributed by atoms with E-state index in [0.29, 0.717) is 31.3 Å². The average Bonchev–Trinajstić information content (AvgIpc) is 2.41. The van der Waals surface area contributed by atoms with Gasteiger partial charge in [0.05, 0.1) is 18.1 Å². The molecule has 1 N–H and O–H groups in total. The molecule has 1 rings (SSSR count). The number of nitrogens with one attached hydrogen (secondary N) is 1. The van der Waals surface area contributed by atoms with Crippen molar-refractivity contribution in [3.05, 3.63) is 27.9 Å². The lowest BCUT2D eigenvalue weighted by molar-refractivity contribution is -0.385. The smallest absolute Gasteiger partial charge is 0.290 e. The van der Waals surface area contributed by atoms with Gasteiger partial charge in [0.15, 0.2) is 0 Å². The molecule has 1 aromatic rings. The highest BCUT2D eigenvalue weighted by molar-refractivity contribution is 5.44. The molecule has 112 valence electrons. The van der Waals surface area contributed by atoms with Crippen molar-refractivity contribution in [3.8, 4) is 0 Å². The highest BCUT2D eigenvalue weighted by Crippen LogP contribution is 2.17. The van der Waals surface area contributed by atoms with Gasteiger partial charge in [-0.15, -0.1) is 0 Å². The Morgan fingerprint density at radius 2 is 2.10 bits per heavy atom. The van der Waals surface area contributed by atoms with Gasteiger partial charge in [-0.05, 0) is 25.8 Å². The molecule has 20 heavy (non-hydrogen) atoms. The van der Waals surface area contributed by atoms with Crippen LogP contribution in [0.5, 0.6) is 0 Å². The molecule has 0 atom stereocenters. The van der Waals surface area contributed by atoms with Gasteiger partial charge in [0.2, 0.25) is 0 Å². The van der Waals surface area contributed by atoms with Gasteiger partial charge in [0.25, 0.3) is 5.69 Å². The zero-order valence-electron chi connectivity index (χ0n) is 11.9. The van der Waals surface area contributed by atoms with Crippen LogP contribution < -0.4 is 5.32 Å². The van der Waals surface area contributed by atoms with E-state index in [9.17, 15) is 10.1 Å². The molecule has 0 bridgehead atoms. The lowest BCUT2D eigenvalue weighted by Gasteiger charge is -2.07. The van der Waals surface area contributed by atoms with E-state index in [2.05, 4.69) is 10.3 Å². The molecule has 0 aliphatic carbocycles. The van der Waals surface area contributed by atoms with E-state index in [4.69, 9.17) is 9.47 Å². The van der Waals surface area contributed by atoms with Crippen LogP contribution in [-0.2, 0) is 9.47 Å². The zero-order chi connectivity index (χ0) is 14.8. The Morgan fingerprint density at radius 3 is 2.75 bits per heavy atom. The number of nitrogens with zero attached hydrogens (tertiary/aromatic N) is 2. The quantitative estimate of drug-likeness (QED) is 0.402. The molecule has 0 amide bonds.